The molecule has 4 bridgehead atoms. The zero-order valence-corrected chi connectivity index (χ0v) is 29.1. The molecule has 268 valence electrons. The van der Waals surface area contributed by atoms with Crippen LogP contribution in [0.25, 0.3) is 11.1 Å². The highest BCUT2D eigenvalue weighted by Gasteiger charge is 2.52. The predicted octanol–water partition coefficient (Wildman–Crippen LogP) is 7.25. The van der Waals surface area contributed by atoms with E-state index in [-0.39, 0.29) is 16.9 Å². The number of rotatable bonds is 11. The van der Waals surface area contributed by atoms with E-state index in [1.807, 2.05) is 31.2 Å². The average molecular weight is 712 g/mol. The van der Waals surface area contributed by atoms with E-state index in [1.165, 1.54) is 31.4 Å². The number of carbonyl (C=O) groups is 1. The van der Waals surface area contributed by atoms with Gasteiger partial charge in [0.1, 0.15) is 11.5 Å². The van der Waals surface area contributed by atoms with Crippen molar-refractivity contribution in [3.05, 3.63) is 77.9 Å². The van der Waals surface area contributed by atoms with Crippen LogP contribution in [0.5, 0.6) is 11.5 Å². The number of anilines is 1. The Hall–Kier alpha value is -3.77. The molecule has 8 rings (SSSR count). The number of piperazine rings is 1. The van der Waals surface area contributed by atoms with Crippen LogP contribution in [0.2, 0.25) is 0 Å². The third kappa shape index (κ3) is 8.23. The molecule has 4 saturated carbocycles. The van der Waals surface area contributed by atoms with Crippen LogP contribution >= 0.6 is 0 Å². The maximum atomic E-state index is 13.2. The Kier molecular flexibility index (Phi) is 9.53. The third-order valence-corrected chi connectivity index (χ3v) is 12.3. The van der Waals surface area contributed by atoms with Crippen LogP contribution in [-0.4, -0.2) is 64.1 Å². The Morgan fingerprint density at radius 3 is 2.12 bits per heavy atom. The molecule has 50 heavy (non-hydrogen) atoms. The summed E-state index contributed by atoms with van der Waals surface area (Å²) in [4.78, 5) is 17.4. The van der Waals surface area contributed by atoms with Crippen LogP contribution in [0.3, 0.4) is 0 Å². The predicted molar refractivity (Wildman–Crippen MR) is 186 cm³/mol. The van der Waals surface area contributed by atoms with Crippen LogP contribution in [0, 0.1) is 23.2 Å². The monoisotopic (exact) mass is 711 g/mol. The molecular weight excluding hydrogens is 667 g/mol. The number of nitrogens with one attached hydrogen (secondary N) is 1. The van der Waals surface area contributed by atoms with Crippen molar-refractivity contribution in [3.8, 4) is 22.6 Å². The minimum atomic E-state index is -4.81. The summed E-state index contributed by atoms with van der Waals surface area (Å²) >= 11 is 0. The molecule has 1 amide bonds. The average Bonchev–Trinajstić information content (AvgIpc) is 3.03. The molecule has 0 atom stereocenters. The Balaban J connectivity index is 0.955. The second-order valence-electron chi connectivity index (χ2n) is 14.8. The maximum absolute atomic E-state index is 13.2. The molecule has 8 nitrogen and oxygen atoms in total. The van der Waals surface area contributed by atoms with E-state index in [4.69, 9.17) is 4.74 Å². The van der Waals surface area contributed by atoms with Crippen molar-refractivity contribution in [3.63, 3.8) is 0 Å². The first kappa shape index (κ1) is 34.7. The number of hydrogen-bond donors (Lipinski definition) is 1. The molecule has 5 fully saturated rings. The zero-order chi connectivity index (χ0) is 35.1. The molecule has 1 aliphatic heterocycles. The van der Waals surface area contributed by atoms with Crippen LogP contribution in [0.15, 0.2) is 66.7 Å². The molecule has 3 aromatic rings. The van der Waals surface area contributed by atoms with E-state index in [9.17, 15) is 26.4 Å². The number of sulfonamides is 1. The van der Waals surface area contributed by atoms with Gasteiger partial charge in [-0.2, -0.15) is 0 Å². The summed E-state index contributed by atoms with van der Waals surface area (Å²) in [5.41, 5.74) is 3.05. The lowest BCUT2D eigenvalue weighted by Crippen LogP contribution is -2.51. The number of benzene rings is 3. The van der Waals surface area contributed by atoms with Gasteiger partial charge in [0, 0.05) is 44.0 Å². The third-order valence-electron chi connectivity index (χ3n) is 10.9. The summed E-state index contributed by atoms with van der Waals surface area (Å²) in [6.45, 7) is 5.48. The topological polar surface area (TPSA) is 88.2 Å². The van der Waals surface area contributed by atoms with Gasteiger partial charge in [0.25, 0.3) is 5.91 Å². The van der Waals surface area contributed by atoms with Gasteiger partial charge in [-0.1, -0.05) is 12.1 Å². The van der Waals surface area contributed by atoms with Gasteiger partial charge >= 0.3 is 6.36 Å². The van der Waals surface area contributed by atoms with E-state index in [0.717, 1.165) is 30.5 Å². The van der Waals surface area contributed by atoms with Crippen LogP contribution in [-0.2, 0) is 16.6 Å². The Bertz CT molecular complexity index is 1770. The Morgan fingerprint density at radius 1 is 0.860 bits per heavy atom. The van der Waals surface area contributed by atoms with Crippen molar-refractivity contribution in [1.29, 1.82) is 0 Å². The smallest absolute Gasteiger partial charge is 0.494 e. The highest BCUT2D eigenvalue weighted by Crippen LogP contribution is 2.60. The fourth-order valence-electron chi connectivity index (χ4n) is 9.40. The first-order valence-electron chi connectivity index (χ1n) is 17.6. The summed E-state index contributed by atoms with van der Waals surface area (Å²) < 4.78 is 78.3. The number of halogens is 3. The minimum absolute atomic E-state index is 0.0274. The fourth-order valence-corrected chi connectivity index (χ4v) is 11.0. The Labute approximate surface area is 292 Å². The first-order chi connectivity index (χ1) is 23.8. The fraction of sp³-hybridized carbons (Fsp3) is 0.500. The SMILES string of the molecule is CCOc1cccc(-c2cc(CN3CCN(c4ccc(C(=O)NS(=O)(=O)CC56CC7CC(CC(C7)C5)C6)cc4)CC3)cc(OC(F)(F)F)c2)c1. The van der Waals surface area contributed by atoms with Crippen molar-refractivity contribution in [2.45, 2.75) is 58.4 Å². The lowest BCUT2D eigenvalue weighted by atomic mass is 9.50. The molecule has 1 heterocycles. The summed E-state index contributed by atoms with van der Waals surface area (Å²) in [6, 6.07) is 18.9. The van der Waals surface area contributed by atoms with Gasteiger partial charge in [0.2, 0.25) is 10.0 Å². The molecule has 0 unspecified atom stereocenters. The largest absolute Gasteiger partial charge is 0.573 e. The van der Waals surface area contributed by atoms with Gasteiger partial charge in [-0.3, -0.25) is 9.69 Å². The number of alkyl halides is 3. The standard InChI is InChI=1S/C38H44F3N3O5S/c1-2-48-34-5-3-4-31(19-34)32-17-29(18-35(20-32)49-38(39,40)41)24-43-10-12-44(13-11-43)33-8-6-30(7-9-33)36(45)42-50(46,47)25-37-21-26-14-27(22-37)16-28(15-26)23-37/h3-9,17-20,26-28H,2,10-16,21-25H2,1H3,(H,42,45). The normalized spacial score (nSPS) is 25.0. The Morgan fingerprint density at radius 2 is 1.50 bits per heavy atom. The molecule has 3 aromatic carbocycles. The molecular formula is C38H44F3N3O5S. The van der Waals surface area contributed by atoms with Crippen LogP contribution in [0.4, 0.5) is 18.9 Å². The highest BCUT2D eigenvalue weighted by atomic mass is 32.2. The van der Waals surface area contributed by atoms with E-state index in [1.54, 1.807) is 30.3 Å². The number of hydrogen-bond acceptors (Lipinski definition) is 7. The van der Waals surface area contributed by atoms with Crippen molar-refractivity contribution in [1.82, 2.24) is 9.62 Å². The van der Waals surface area contributed by atoms with Gasteiger partial charge < -0.3 is 14.4 Å². The van der Waals surface area contributed by atoms with Gasteiger partial charge in [-0.05, 0) is 140 Å². The summed E-state index contributed by atoms with van der Waals surface area (Å²) in [5, 5.41) is 0. The number of amides is 1. The molecule has 1 saturated heterocycles. The highest BCUT2D eigenvalue weighted by molar-refractivity contribution is 7.90. The lowest BCUT2D eigenvalue weighted by Gasteiger charge is -2.56. The summed E-state index contributed by atoms with van der Waals surface area (Å²) in [7, 11) is -3.77. The first-order valence-corrected chi connectivity index (χ1v) is 19.2. The molecule has 4 aliphatic carbocycles. The van der Waals surface area contributed by atoms with Crippen molar-refractivity contribution < 1.29 is 35.9 Å². The molecule has 12 heteroatoms. The van der Waals surface area contributed by atoms with Crippen LogP contribution in [0.1, 0.15) is 61.4 Å². The summed E-state index contributed by atoms with van der Waals surface area (Å²) in [5.74, 6) is 1.69. The van der Waals surface area contributed by atoms with E-state index < -0.39 is 22.3 Å². The number of carbonyl (C=O) groups excluding carboxylic acids is 1. The molecule has 0 aromatic heterocycles. The zero-order valence-electron chi connectivity index (χ0n) is 28.3. The van der Waals surface area contributed by atoms with Gasteiger partial charge in [-0.25, -0.2) is 13.1 Å². The molecule has 1 N–H and O–H groups in total. The second-order valence-corrected chi connectivity index (χ2v) is 16.5. The number of ether oxygens (including phenoxy) is 2. The van der Waals surface area contributed by atoms with Crippen molar-refractivity contribution in [2.75, 3.05) is 43.4 Å². The minimum Gasteiger partial charge on any atom is -0.494 e. The molecule has 0 radical (unpaired) electrons. The van der Waals surface area contributed by atoms with E-state index in [2.05, 4.69) is 19.3 Å². The lowest BCUT2D eigenvalue weighted by molar-refractivity contribution is -0.274. The van der Waals surface area contributed by atoms with E-state index in [0.29, 0.717) is 79.5 Å². The van der Waals surface area contributed by atoms with Crippen molar-refractivity contribution in [2.24, 2.45) is 23.2 Å². The van der Waals surface area contributed by atoms with Gasteiger partial charge in [-0.15, -0.1) is 13.2 Å². The quantitative estimate of drug-likeness (QED) is 0.224. The maximum Gasteiger partial charge on any atom is 0.573 e. The molecule has 0 spiro atoms. The summed E-state index contributed by atoms with van der Waals surface area (Å²) in [6.07, 6.45) is 1.75. The van der Waals surface area contributed by atoms with Crippen LogP contribution < -0.4 is 19.1 Å². The molecule has 5 aliphatic rings. The van der Waals surface area contributed by atoms with Gasteiger partial charge in [0.05, 0.1) is 12.4 Å². The van der Waals surface area contributed by atoms with Gasteiger partial charge in [0.15, 0.2) is 0 Å². The second kappa shape index (κ2) is 13.7. The number of nitrogens with zero attached hydrogens (tertiary/aromatic N) is 2. The van der Waals surface area contributed by atoms with Crippen molar-refractivity contribution >= 4 is 21.6 Å². The van der Waals surface area contributed by atoms with E-state index >= 15 is 0 Å².